The number of carbonyl (C=O) groups excluding carboxylic acids is 1. The summed E-state index contributed by atoms with van der Waals surface area (Å²) < 4.78 is 0. The maximum atomic E-state index is 12.3. The van der Waals surface area contributed by atoms with Gasteiger partial charge in [-0.2, -0.15) is 0 Å². The molecule has 0 bridgehead atoms. The molecule has 2 aromatic rings. The molecule has 5 nitrogen and oxygen atoms in total. The molecule has 5 heteroatoms. The second-order valence-electron chi connectivity index (χ2n) is 6.51. The van der Waals surface area contributed by atoms with Gasteiger partial charge in [-0.05, 0) is 70.0 Å². The van der Waals surface area contributed by atoms with Crippen molar-refractivity contribution in [3.8, 4) is 0 Å². The van der Waals surface area contributed by atoms with Crippen LogP contribution in [0.2, 0.25) is 0 Å². The molecule has 1 atom stereocenters. The van der Waals surface area contributed by atoms with Gasteiger partial charge in [0.2, 0.25) is 0 Å². The second kappa shape index (κ2) is 9.22. The second-order valence-corrected chi connectivity index (χ2v) is 6.51. The average Bonchev–Trinajstić information content (AvgIpc) is 2.65. The number of nitrogens with one attached hydrogen (secondary N) is 2. The molecule has 0 aliphatic heterocycles. The molecule has 0 saturated heterocycles. The highest BCUT2D eigenvalue weighted by Crippen LogP contribution is 2.25. The van der Waals surface area contributed by atoms with E-state index < -0.39 is 0 Å². The Labute approximate surface area is 156 Å². The number of carbonyl (C=O) groups is 1. The van der Waals surface area contributed by atoms with Gasteiger partial charge in [0, 0.05) is 42.3 Å². The van der Waals surface area contributed by atoms with Crippen LogP contribution in [-0.4, -0.2) is 30.0 Å². The Morgan fingerprint density at radius 2 is 1.88 bits per heavy atom. The van der Waals surface area contributed by atoms with Gasteiger partial charge in [0.15, 0.2) is 0 Å². The smallest absolute Gasteiger partial charge is 0.251 e. The minimum atomic E-state index is -0.0709. The van der Waals surface area contributed by atoms with Gasteiger partial charge in [-0.25, -0.2) is 4.98 Å². The topological polar surface area (TPSA) is 57.3 Å². The minimum absolute atomic E-state index is 0.0709. The molecule has 2 rings (SSSR count). The Morgan fingerprint density at radius 3 is 2.50 bits per heavy atom. The Balaban J connectivity index is 2.16. The predicted octanol–water partition coefficient (Wildman–Crippen LogP) is 4.51. The van der Waals surface area contributed by atoms with E-state index in [1.165, 1.54) is 5.69 Å². The third kappa shape index (κ3) is 4.97. The lowest BCUT2D eigenvalue weighted by atomic mass is 10.1. The van der Waals surface area contributed by atoms with Gasteiger partial charge in [0.05, 0.1) is 0 Å². The van der Waals surface area contributed by atoms with Gasteiger partial charge in [-0.3, -0.25) is 4.79 Å². The summed E-state index contributed by atoms with van der Waals surface area (Å²) in [6, 6.07) is 10.0. The highest BCUT2D eigenvalue weighted by molar-refractivity contribution is 5.95. The largest absolute Gasteiger partial charge is 0.372 e. The van der Waals surface area contributed by atoms with E-state index in [0.29, 0.717) is 11.4 Å². The zero-order valence-electron chi connectivity index (χ0n) is 16.5. The molecule has 1 heterocycles. The number of hydrogen-bond donors (Lipinski definition) is 2. The van der Waals surface area contributed by atoms with E-state index in [4.69, 9.17) is 0 Å². The predicted molar refractivity (Wildman–Crippen MR) is 109 cm³/mol. The van der Waals surface area contributed by atoms with Crippen LogP contribution in [0.15, 0.2) is 36.5 Å². The number of aryl methyl sites for hydroxylation is 1. The fourth-order valence-electron chi connectivity index (χ4n) is 2.76. The number of anilines is 3. The van der Waals surface area contributed by atoms with Crippen molar-refractivity contribution in [3.63, 3.8) is 0 Å². The number of nitrogens with zero attached hydrogens (tertiary/aromatic N) is 2. The molecule has 1 unspecified atom stereocenters. The molecule has 0 aliphatic carbocycles. The van der Waals surface area contributed by atoms with Crippen molar-refractivity contribution in [2.45, 2.75) is 47.1 Å². The molecule has 0 spiro atoms. The molecule has 140 valence electrons. The Morgan fingerprint density at radius 1 is 1.15 bits per heavy atom. The SMILES string of the molecule is CCC(C)NC(=O)c1ccnc(Nc2ccc(N(CC)CC)cc2C)c1. The van der Waals surface area contributed by atoms with Gasteiger partial charge in [-0.15, -0.1) is 0 Å². The third-order valence-electron chi connectivity index (χ3n) is 4.61. The van der Waals surface area contributed by atoms with E-state index in [-0.39, 0.29) is 11.9 Å². The van der Waals surface area contributed by atoms with Crippen LogP contribution in [-0.2, 0) is 0 Å². The summed E-state index contributed by atoms with van der Waals surface area (Å²) in [6.07, 6.45) is 2.56. The normalized spacial score (nSPS) is 11.7. The van der Waals surface area contributed by atoms with E-state index in [9.17, 15) is 4.79 Å². The lowest BCUT2D eigenvalue weighted by Crippen LogP contribution is -2.31. The maximum Gasteiger partial charge on any atom is 0.251 e. The molecule has 0 aliphatic rings. The summed E-state index contributed by atoms with van der Waals surface area (Å²) in [6.45, 7) is 12.4. The van der Waals surface area contributed by atoms with E-state index in [1.54, 1.807) is 18.3 Å². The third-order valence-corrected chi connectivity index (χ3v) is 4.61. The van der Waals surface area contributed by atoms with Crippen LogP contribution in [0.4, 0.5) is 17.2 Å². The quantitative estimate of drug-likeness (QED) is 0.732. The van der Waals surface area contributed by atoms with Crippen molar-refractivity contribution in [2.75, 3.05) is 23.3 Å². The Bertz CT molecular complexity index is 741. The Kier molecular flexibility index (Phi) is 7.01. The van der Waals surface area contributed by atoms with Crippen molar-refractivity contribution >= 4 is 23.1 Å². The summed E-state index contributed by atoms with van der Waals surface area (Å²) in [5.41, 5.74) is 3.96. The van der Waals surface area contributed by atoms with Crippen molar-refractivity contribution in [2.24, 2.45) is 0 Å². The number of pyridine rings is 1. The van der Waals surface area contributed by atoms with E-state index in [0.717, 1.165) is 30.8 Å². The highest BCUT2D eigenvalue weighted by Gasteiger charge is 2.10. The summed E-state index contributed by atoms with van der Waals surface area (Å²) >= 11 is 0. The van der Waals surface area contributed by atoms with E-state index in [2.05, 4.69) is 66.4 Å². The van der Waals surface area contributed by atoms with Crippen LogP contribution in [0, 0.1) is 6.92 Å². The first-order valence-corrected chi connectivity index (χ1v) is 9.37. The average molecular weight is 354 g/mol. The summed E-state index contributed by atoms with van der Waals surface area (Å²) in [4.78, 5) is 19.0. The van der Waals surface area contributed by atoms with Crippen molar-refractivity contribution in [1.82, 2.24) is 10.3 Å². The van der Waals surface area contributed by atoms with Gasteiger partial charge in [0.1, 0.15) is 5.82 Å². The number of rotatable bonds is 8. The molecule has 0 fully saturated rings. The molecule has 1 aromatic heterocycles. The molecule has 0 saturated carbocycles. The first-order valence-electron chi connectivity index (χ1n) is 9.37. The summed E-state index contributed by atoms with van der Waals surface area (Å²) in [5, 5.41) is 6.31. The van der Waals surface area contributed by atoms with Crippen LogP contribution in [0.5, 0.6) is 0 Å². The standard InChI is InChI=1S/C21H30N4O/c1-6-16(5)23-21(26)17-11-12-22-20(14-17)24-19-10-9-18(13-15(19)4)25(7-2)8-3/h9-14,16H,6-8H2,1-5H3,(H,22,24)(H,23,26). The minimum Gasteiger partial charge on any atom is -0.372 e. The van der Waals surface area contributed by atoms with E-state index >= 15 is 0 Å². The zero-order chi connectivity index (χ0) is 19.1. The van der Waals surface area contributed by atoms with Gasteiger partial charge >= 0.3 is 0 Å². The number of amides is 1. The summed E-state index contributed by atoms with van der Waals surface area (Å²) in [5.74, 6) is 0.596. The molecule has 0 radical (unpaired) electrons. The van der Waals surface area contributed by atoms with Crippen LogP contribution in [0.1, 0.15) is 50.0 Å². The van der Waals surface area contributed by atoms with Crippen molar-refractivity contribution in [1.29, 1.82) is 0 Å². The molecule has 2 N–H and O–H groups in total. The molecule has 1 amide bonds. The first-order chi connectivity index (χ1) is 12.5. The number of benzene rings is 1. The fourth-order valence-corrected chi connectivity index (χ4v) is 2.76. The Hall–Kier alpha value is -2.56. The lowest BCUT2D eigenvalue weighted by molar-refractivity contribution is 0.0939. The van der Waals surface area contributed by atoms with Gasteiger partial charge in [0.25, 0.3) is 5.91 Å². The van der Waals surface area contributed by atoms with Gasteiger partial charge < -0.3 is 15.5 Å². The molecular formula is C21H30N4O. The first kappa shape index (κ1) is 19.8. The number of hydrogen-bond acceptors (Lipinski definition) is 4. The monoisotopic (exact) mass is 354 g/mol. The highest BCUT2D eigenvalue weighted by atomic mass is 16.1. The lowest BCUT2D eigenvalue weighted by Gasteiger charge is -2.22. The van der Waals surface area contributed by atoms with Crippen LogP contribution in [0.3, 0.4) is 0 Å². The van der Waals surface area contributed by atoms with Crippen molar-refractivity contribution in [3.05, 3.63) is 47.7 Å². The molecule has 1 aromatic carbocycles. The molecular weight excluding hydrogens is 324 g/mol. The van der Waals surface area contributed by atoms with E-state index in [1.807, 2.05) is 6.92 Å². The van der Waals surface area contributed by atoms with Gasteiger partial charge in [-0.1, -0.05) is 6.92 Å². The van der Waals surface area contributed by atoms with Crippen LogP contribution < -0.4 is 15.5 Å². The van der Waals surface area contributed by atoms with Crippen LogP contribution in [0.25, 0.3) is 0 Å². The van der Waals surface area contributed by atoms with Crippen LogP contribution >= 0.6 is 0 Å². The maximum absolute atomic E-state index is 12.3. The zero-order valence-corrected chi connectivity index (χ0v) is 16.5. The number of aromatic nitrogens is 1. The summed E-state index contributed by atoms with van der Waals surface area (Å²) in [7, 11) is 0. The molecule has 26 heavy (non-hydrogen) atoms. The fraction of sp³-hybridized carbons (Fsp3) is 0.429. The van der Waals surface area contributed by atoms with Crippen molar-refractivity contribution < 1.29 is 4.79 Å².